The highest BCUT2D eigenvalue weighted by atomic mass is 16.5. The van der Waals surface area contributed by atoms with Crippen LogP contribution in [0.25, 0.3) is 11.3 Å². The van der Waals surface area contributed by atoms with E-state index in [1.165, 1.54) is 13.0 Å². The highest BCUT2D eigenvalue weighted by Crippen LogP contribution is 2.63. The van der Waals surface area contributed by atoms with Crippen LogP contribution in [0.5, 0.6) is 0 Å². The lowest BCUT2D eigenvalue weighted by molar-refractivity contribution is -0.0967. The molecule has 0 N–H and O–H groups in total. The van der Waals surface area contributed by atoms with Gasteiger partial charge < -0.3 is 9.26 Å². The summed E-state index contributed by atoms with van der Waals surface area (Å²) < 4.78 is 11.2. The van der Waals surface area contributed by atoms with E-state index in [1.54, 1.807) is 12.4 Å². The molecule has 1 aliphatic carbocycles. The van der Waals surface area contributed by atoms with E-state index in [9.17, 15) is 0 Å². The van der Waals surface area contributed by atoms with Crippen molar-refractivity contribution in [1.29, 1.82) is 0 Å². The van der Waals surface area contributed by atoms with E-state index in [0.717, 1.165) is 68.9 Å². The van der Waals surface area contributed by atoms with E-state index >= 15 is 0 Å². The Bertz CT molecular complexity index is 815. The Hall–Kier alpha value is -1.76. The molecule has 2 saturated heterocycles. The minimum Gasteiger partial charge on any atom is -0.379 e. The average molecular weight is 383 g/mol. The number of morpholine rings is 1. The minimum absolute atomic E-state index is 0.425. The van der Waals surface area contributed by atoms with Gasteiger partial charge in [0.25, 0.3) is 0 Å². The predicted octanol–water partition coefficient (Wildman–Crippen LogP) is 2.92. The Morgan fingerprint density at radius 2 is 1.93 bits per heavy atom. The maximum atomic E-state index is 5.67. The lowest BCUT2D eigenvalue weighted by atomic mass is 9.48. The van der Waals surface area contributed by atoms with Crippen molar-refractivity contribution in [2.24, 2.45) is 16.7 Å². The fraction of sp³-hybridized carbons (Fsp3) is 0.636. The van der Waals surface area contributed by atoms with Crippen LogP contribution in [-0.2, 0) is 11.3 Å². The molecule has 2 aliphatic heterocycles. The van der Waals surface area contributed by atoms with E-state index < -0.39 is 0 Å². The molecule has 0 spiro atoms. The molecule has 6 nitrogen and oxygen atoms in total. The van der Waals surface area contributed by atoms with E-state index in [2.05, 4.69) is 39.9 Å². The van der Waals surface area contributed by atoms with E-state index in [0.29, 0.717) is 10.8 Å². The van der Waals surface area contributed by atoms with Crippen LogP contribution in [0.4, 0.5) is 0 Å². The van der Waals surface area contributed by atoms with E-state index in [4.69, 9.17) is 9.26 Å². The van der Waals surface area contributed by atoms with Gasteiger partial charge >= 0.3 is 0 Å². The molecule has 6 heteroatoms. The topological polar surface area (TPSA) is 54.6 Å². The number of fused-ring (bicyclic) bond motifs is 1. The summed E-state index contributed by atoms with van der Waals surface area (Å²) in [6.07, 6.45) is 4.90. The molecule has 3 aliphatic rings. The maximum Gasteiger partial charge on any atom is 0.151 e. The van der Waals surface area contributed by atoms with Gasteiger partial charge in [-0.05, 0) is 29.9 Å². The van der Waals surface area contributed by atoms with Gasteiger partial charge in [0.2, 0.25) is 0 Å². The molecule has 5 rings (SSSR count). The molecule has 0 amide bonds. The van der Waals surface area contributed by atoms with Gasteiger partial charge in [-0.25, -0.2) is 0 Å². The number of aromatic nitrogens is 2. The summed E-state index contributed by atoms with van der Waals surface area (Å²) in [4.78, 5) is 9.27. The molecule has 150 valence electrons. The number of nitrogens with zero attached hydrogens (tertiary/aromatic N) is 4. The van der Waals surface area contributed by atoms with Crippen molar-refractivity contribution in [2.75, 3.05) is 45.9 Å². The molecule has 1 saturated carbocycles. The number of ether oxygens (including phenoxy) is 1. The molecule has 3 fully saturated rings. The summed E-state index contributed by atoms with van der Waals surface area (Å²) in [5.74, 6) is 1.71. The van der Waals surface area contributed by atoms with Gasteiger partial charge in [-0.1, -0.05) is 19.0 Å². The first-order valence-electron chi connectivity index (χ1n) is 10.4. The van der Waals surface area contributed by atoms with Crippen molar-refractivity contribution in [1.82, 2.24) is 19.9 Å². The van der Waals surface area contributed by atoms with Crippen LogP contribution in [-0.4, -0.2) is 65.9 Å². The van der Waals surface area contributed by atoms with Gasteiger partial charge in [-0.2, -0.15) is 0 Å². The first-order chi connectivity index (χ1) is 13.5. The number of hydrogen-bond acceptors (Lipinski definition) is 6. The van der Waals surface area contributed by atoms with Crippen molar-refractivity contribution in [3.05, 3.63) is 36.4 Å². The summed E-state index contributed by atoms with van der Waals surface area (Å²) in [5.41, 5.74) is 2.80. The molecule has 0 aromatic carbocycles. The van der Waals surface area contributed by atoms with Crippen molar-refractivity contribution < 1.29 is 9.26 Å². The monoisotopic (exact) mass is 382 g/mol. The third-order valence-corrected chi connectivity index (χ3v) is 7.03. The Labute approximate surface area is 166 Å². The summed E-state index contributed by atoms with van der Waals surface area (Å²) in [6, 6.07) is 6.02. The molecule has 0 unspecified atom stereocenters. The van der Waals surface area contributed by atoms with Crippen LogP contribution in [0.3, 0.4) is 0 Å². The second-order valence-corrected chi connectivity index (χ2v) is 9.55. The van der Waals surface area contributed by atoms with Gasteiger partial charge in [0, 0.05) is 62.2 Å². The van der Waals surface area contributed by atoms with Gasteiger partial charge in [-0.15, -0.1) is 0 Å². The van der Waals surface area contributed by atoms with Crippen LogP contribution in [0.1, 0.15) is 26.0 Å². The zero-order valence-corrected chi connectivity index (χ0v) is 16.9. The fourth-order valence-electron chi connectivity index (χ4n) is 6.03. The second-order valence-electron chi connectivity index (χ2n) is 9.55. The first kappa shape index (κ1) is 18.3. The third kappa shape index (κ3) is 3.27. The molecular formula is C22H30N4O2. The smallest absolute Gasteiger partial charge is 0.151 e. The van der Waals surface area contributed by atoms with Crippen LogP contribution in [0.2, 0.25) is 0 Å². The molecule has 2 aromatic heterocycles. The van der Waals surface area contributed by atoms with Gasteiger partial charge in [0.15, 0.2) is 5.76 Å². The number of pyridine rings is 1. The second kappa shape index (κ2) is 6.94. The summed E-state index contributed by atoms with van der Waals surface area (Å²) in [6.45, 7) is 13.1. The molecule has 4 heterocycles. The zero-order chi connectivity index (χ0) is 19.2. The summed E-state index contributed by atoms with van der Waals surface area (Å²) in [5, 5.41) is 4.27. The zero-order valence-electron chi connectivity index (χ0n) is 16.9. The molecule has 2 atom stereocenters. The highest BCUT2D eigenvalue weighted by molar-refractivity contribution is 5.57. The Morgan fingerprint density at radius 1 is 1.14 bits per heavy atom. The Morgan fingerprint density at radius 3 is 2.68 bits per heavy atom. The van der Waals surface area contributed by atoms with Gasteiger partial charge in [0.05, 0.1) is 19.8 Å². The Kier molecular flexibility index (Phi) is 4.53. The van der Waals surface area contributed by atoms with E-state index in [1.807, 2.05) is 12.1 Å². The van der Waals surface area contributed by atoms with E-state index in [-0.39, 0.29) is 0 Å². The minimum atomic E-state index is 0.425. The Balaban J connectivity index is 1.28. The van der Waals surface area contributed by atoms with Crippen molar-refractivity contribution >= 4 is 0 Å². The van der Waals surface area contributed by atoms with Crippen LogP contribution >= 0.6 is 0 Å². The molecular weight excluding hydrogens is 352 g/mol. The number of likely N-dealkylation sites (tertiary alicyclic amines) is 1. The molecule has 2 aromatic rings. The van der Waals surface area contributed by atoms with Crippen LogP contribution < -0.4 is 0 Å². The van der Waals surface area contributed by atoms with Gasteiger partial charge in [0.1, 0.15) is 5.69 Å². The SMILES string of the molecule is CC1(C)C[C@]2(CN3CCOCC3)CN(Cc3cc(-c4ccncc4)no3)C[C@H]12. The normalized spacial score (nSPS) is 30.1. The molecule has 28 heavy (non-hydrogen) atoms. The largest absolute Gasteiger partial charge is 0.379 e. The van der Waals surface area contributed by atoms with Crippen LogP contribution in [0.15, 0.2) is 35.1 Å². The summed E-state index contributed by atoms with van der Waals surface area (Å²) in [7, 11) is 0. The van der Waals surface area contributed by atoms with Crippen LogP contribution in [0, 0.1) is 16.7 Å². The molecule has 0 bridgehead atoms. The predicted molar refractivity (Wildman–Crippen MR) is 107 cm³/mol. The lowest BCUT2D eigenvalue weighted by Crippen LogP contribution is -2.59. The quantitative estimate of drug-likeness (QED) is 0.793. The van der Waals surface area contributed by atoms with Crippen molar-refractivity contribution in [2.45, 2.75) is 26.8 Å². The summed E-state index contributed by atoms with van der Waals surface area (Å²) >= 11 is 0. The lowest BCUT2D eigenvalue weighted by Gasteiger charge is -2.58. The maximum absolute atomic E-state index is 5.67. The van der Waals surface area contributed by atoms with Crippen molar-refractivity contribution in [3.8, 4) is 11.3 Å². The number of hydrogen-bond donors (Lipinski definition) is 0. The standard InChI is InChI=1S/C22H30N4O2/c1-21(2)14-22(15-25-7-9-27-10-8-25)16-26(13-20(21)22)12-18-11-19(24-28-18)17-3-5-23-6-4-17/h3-6,11,20H,7-10,12-16H2,1-2H3/t20-,22+/m1/s1. The first-order valence-corrected chi connectivity index (χ1v) is 10.4. The third-order valence-electron chi connectivity index (χ3n) is 7.03. The average Bonchev–Trinajstić information content (AvgIpc) is 3.27. The fourth-order valence-corrected chi connectivity index (χ4v) is 6.03. The molecule has 0 radical (unpaired) electrons. The number of rotatable bonds is 5. The van der Waals surface area contributed by atoms with Crippen molar-refractivity contribution in [3.63, 3.8) is 0 Å². The van der Waals surface area contributed by atoms with Gasteiger partial charge in [-0.3, -0.25) is 14.8 Å². The highest BCUT2D eigenvalue weighted by Gasteiger charge is 2.62.